The fourth-order valence-electron chi connectivity index (χ4n) is 0.959. The second-order valence-corrected chi connectivity index (χ2v) is 2.49. The van der Waals surface area contributed by atoms with Crippen LogP contribution in [0.3, 0.4) is 0 Å². The summed E-state index contributed by atoms with van der Waals surface area (Å²) < 4.78 is 0. The van der Waals surface area contributed by atoms with E-state index in [2.05, 4.69) is 0 Å². The Balaban J connectivity index is 2.60. The molecule has 1 rings (SSSR count). The number of hydrogen-bond donors (Lipinski definition) is 2. The summed E-state index contributed by atoms with van der Waals surface area (Å²) in [6, 6.07) is 0. The van der Waals surface area contributed by atoms with E-state index in [1.165, 1.54) is 12.2 Å². The minimum atomic E-state index is -0.683. The molecule has 2 N–H and O–H groups in total. The average molecular weight is 142 g/mol. The van der Waals surface area contributed by atoms with Gasteiger partial charge in [0, 0.05) is 12.8 Å². The molecule has 0 heterocycles. The molecule has 1 aliphatic carbocycles. The van der Waals surface area contributed by atoms with Crippen molar-refractivity contribution in [2.75, 3.05) is 0 Å². The van der Waals surface area contributed by atoms with Crippen LogP contribution in [0.25, 0.3) is 0 Å². The number of ketones is 1. The predicted octanol–water partition coefficient (Wildman–Crippen LogP) is -0.373. The number of carbonyl (C=O) groups excluding carboxylic acids is 1. The fraction of sp³-hybridized carbons (Fsp3) is 0.571. The lowest BCUT2D eigenvalue weighted by Gasteiger charge is -2.06. The van der Waals surface area contributed by atoms with Gasteiger partial charge in [-0.2, -0.15) is 0 Å². The van der Waals surface area contributed by atoms with E-state index < -0.39 is 12.2 Å². The number of allylic oxidation sites excluding steroid dienone is 1. The molecule has 56 valence electrons. The van der Waals surface area contributed by atoms with E-state index in [-0.39, 0.29) is 18.6 Å². The minimum absolute atomic E-state index is 0.121. The third kappa shape index (κ3) is 1.93. The van der Waals surface area contributed by atoms with E-state index in [9.17, 15) is 4.79 Å². The number of aliphatic hydroxyl groups is 2. The Morgan fingerprint density at radius 2 is 2.20 bits per heavy atom. The molecule has 0 aromatic rings. The van der Waals surface area contributed by atoms with E-state index >= 15 is 0 Å². The number of hydrogen-bond acceptors (Lipinski definition) is 3. The first-order valence-corrected chi connectivity index (χ1v) is 3.25. The van der Waals surface area contributed by atoms with Crippen LogP contribution >= 0.6 is 0 Å². The van der Waals surface area contributed by atoms with Gasteiger partial charge in [-0.05, 0) is 6.08 Å². The van der Waals surface area contributed by atoms with Gasteiger partial charge in [0.2, 0.25) is 0 Å². The highest BCUT2D eigenvalue weighted by atomic mass is 16.3. The van der Waals surface area contributed by atoms with Crippen molar-refractivity contribution in [1.82, 2.24) is 0 Å². The van der Waals surface area contributed by atoms with Gasteiger partial charge in [0.05, 0.1) is 12.2 Å². The van der Waals surface area contributed by atoms with E-state index in [0.717, 1.165) is 0 Å². The van der Waals surface area contributed by atoms with Gasteiger partial charge < -0.3 is 10.2 Å². The zero-order valence-electron chi connectivity index (χ0n) is 5.53. The maximum atomic E-state index is 10.7. The van der Waals surface area contributed by atoms with Crippen LogP contribution in [0, 0.1) is 0 Å². The van der Waals surface area contributed by atoms with Crippen molar-refractivity contribution in [3.63, 3.8) is 0 Å². The van der Waals surface area contributed by atoms with Crippen molar-refractivity contribution in [3.05, 3.63) is 12.2 Å². The maximum Gasteiger partial charge on any atom is 0.158 e. The molecule has 0 radical (unpaired) electrons. The SMILES string of the molecule is O=C1C=CC(O)CC(O)C1. The summed E-state index contributed by atoms with van der Waals surface area (Å²) in [6.45, 7) is 0. The van der Waals surface area contributed by atoms with E-state index in [4.69, 9.17) is 10.2 Å². The molecule has 0 fully saturated rings. The molecule has 0 aromatic heterocycles. The Hall–Kier alpha value is -0.670. The van der Waals surface area contributed by atoms with Crippen LogP contribution in [0.1, 0.15) is 12.8 Å². The van der Waals surface area contributed by atoms with Gasteiger partial charge in [0.25, 0.3) is 0 Å². The van der Waals surface area contributed by atoms with E-state index in [1.807, 2.05) is 0 Å². The van der Waals surface area contributed by atoms with E-state index in [0.29, 0.717) is 0 Å². The number of aliphatic hydroxyl groups excluding tert-OH is 2. The summed E-state index contributed by atoms with van der Waals surface area (Å²) in [5.41, 5.74) is 0. The van der Waals surface area contributed by atoms with Crippen LogP contribution in [0.15, 0.2) is 12.2 Å². The summed E-state index contributed by atoms with van der Waals surface area (Å²) in [6.07, 6.45) is 1.79. The first-order chi connectivity index (χ1) is 4.68. The third-order valence-electron chi connectivity index (χ3n) is 1.45. The van der Waals surface area contributed by atoms with Crippen LogP contribution in [0.4, 0.5) is 0 Å². The van der Waals surface area contributed by atoms with Gasteiger partial charge in [-0.25, -0.2) is 0 Å². The van der Waals surface area contributed by atoms with Gasteiger partial charge >= 0.3 is 0 Å². The number of rotatable bonds is 0. The molecule has 0 aromatic carbocycles. The fourth-order valence-corrected chi connectivity index (χ4v) is 0.959. The topological polar surface area (TPSA) is 57.5 Å². The molecular formula is C7H10O3. The molecule has 3 nitrogen and oxygen atoms in total. The maximum absolute atomic E-state index is 10.7. The molecule has 0 aliphatic heterocycles. The average Bonchev–Trinajstić information content (AvgIpc) is 1.93. The van der Waals surface area contributed by atoms with E-state index in [1.54, 1.807) is 0 Å². The lowest BCUT2D eigenvalue weighted by molar-refractivity contribution is -0.116. The first kappa shape index (κ1) is 7.44. The highest BCUT2D eigenvalue weighted by Crippen LogP contribution is 2.09. The van der Waals surface area contributed by atoms with Crippen molar-refractivity contribution >= 4 is 5.78 Å². The third-order valence-corrected chi connectivity index (χ3v) is 1.45. The molecule has 1 aliphatic rings. The van der Waals surface area contributed by atoms with Gasteiger partial charge in [-0.15, -0.1) is 0 Å². The summed E-state index contributed by atoms with van der Waals surface area (Å²) in [4.78, 5) is 10.7. The van der Waals surface area contributed by atoms with Crippen LogP contribution in [-0.4, -0.2) is 28.2 Å². The monoisotopic (exact) mass is 142 g/mol. The van der Waals surface area contributed by atoms with Gasteiger partial charge in [-0.3, -0.25) is 4.79 Å². The van der Waals surface area contributed by atoms with Gasteiger partial charge in [0.15, 0.2) is 5.78 Å². The smallest absolute Gasteiger partial charge is 0.158 e. The zero-order valence-corrected chi connectivity index (χ0v) is 5.53. The highest BCUT2D eigenvalue weighted by molar-refractivity contribution is 5.90. The molecule has 0 amide bonds. The normalized spacial score (nSPS) is 34.0. The lowest BCUT2D eigenvalue weighted by Crippen LogP contribution is -2.15. The Labute approximate surface area is 59.0 Å². The summed E-state index contributed by atoms with van der Waals surface area (Å²) in [5, 5.41) is 18.0. The van der Waals surface area contributed by atoms with Crippen molar-refractivity contribution < 1.29 is 15.0 Å². The number of carbonyl (C=O) groups is 1. The minimum Gasteiger partial charge on any atom is -0.393 e. The molecule has 0 spiro atoms. The van der Waals surface area contributed by atoms with Crippen molar-refractivity contribution in [1.29, 1.82) is 0 Å². The summed E-state index contributed by atoms with van der Waals surface area (Å²) in [7, 11) is 0. The molecule has 2 unspecified atom stereocenters. The molecule has 0 saturated carbocycles. The van der Waals surface area contributed by atoms with Gasteiger partial charge in [0.1, 0.15) is 0 Å². The second kappa shape index (κ2) is 2.94. The first-order valence-electron chi connectivity index (χ1n) is 3.25. The zero-order chi connectivity index (χ0) is 7.56. The Kier molecular flexibility index (Phi) is 2.19. The van der Waals surface area contributed by atoms with Crippen LogP contribution in [0.2, 0.25) is 0 Å². The molecule has 2 atom stereocenters. The lowest BCUT2D eigenvalue weighted by atomic mass is 10.1. The largest absolute Gasteiger partial charge is 0.393 e. The predicted molar refractivity (Wildman–Crippen MR) is 35.4 cm³/mol. The van der Waals surface area contributed by atoms with Crippen molar-refractivity contribution in [2.45, 2.75) is 25.0 Å². The van der Waals surface area contributed by atoms with Crippen LogP contribution in [0.5, 0.6) is 0 Å². The molecule has 3 heteroatoms. The highest BCUT2D eigenvalue weighted by Gasteiger charge is 2.15. The van der Waals surface area contributed by atoms with Crippen LogP contribution in [-0.2, 0) is 4.79 Å². The Bertz CT molecular complexity index is 162. The Morgan fingerprint density at radius 3 is 2.90 bits per heavy atom. The van der Waals surface area contributed by atoms with Crippen LogP contribution < -0.4 is 0 Å². The summed E-state index contributed by atoms with van der Waals surface area (Å²) in [5.74, 6) is -0.121. The van der Waals surface area contributed by atoms with Crippen molar-refractivity contribution in [3.8, 4) is 0 Å². The molecule has 10 heavy (non-hydrogen) atoms. The molecule has 0 bridgehead atoms. The molecule has 0 saturated heterocycles. The second-order valence-electron chi connectivity index (χ2n) is 2.49. The quantitative estimate of drug-likeness (QED) is 0.485. The van der Waals surface area contributed by atoms with Crippen molar-refractivity contribution in [2.24, 2.45) is 0 Å². The Morgan fingerprint density at radius 1 is 1.50 bits per heavy atom. The molecular weight excluding hydrogens is 132 g/mol. The standard InChI is InChI=1S/C7H10O3/c8-5-1-2-6(9)4-7(10)3-5/h1-2,5,7-8,10H,3-4H2. The van der Waals surface area contributed by atoms with Gasteiger partial charge in [-0.1, -0.05) is 6.08 Å². The summed E-state index contributed by atoms with van der Waals surface area (Å²) >= 11 is 0.